The first kappa shape index (κ1) is 16.7. The van der Waals surface area contributed by atoms with Crippen LogP contribution in [0.3, 0.4) is 0 Å². The van der Waals surface area contributed by atoms with Gasteiger partial charge in [-0.2, -0.15) is 0 Å². The number of anilines is 1. The van der Waals surface area contributed by atoms with Crippen molar-refractivity contribution < 1.29 is 14.3 Å². The van der Waals surface area contributed by atoms with Crippen molar-refractivity contribution in [3.05, 3.63) is 51.2 Å². The number of fused-ring (bicyclic) bond motifs is 1. The first-order valence-electron chi connectivity index (χ1n) is 8.20. The monoisotopic (exact) mass is 343 g/mol. The van der Waals surface area contributed by atoms with Crippen LogP contribution in [0.15, 0.2) is 30.3 Å². The zero-order valence-electron chi connectivity index (χ0n) is 14.2. The fraction of sp³-hybridized carbons (Fsp3) is 0.368. The van der Waals surface area contributed by atoms with E-state index < -0.39 is 12.1 Å². The SMILES string of the molecule is CCc1sc(C(=O)O[C@H](C)C(=O)N2CCc3ccccc32)cc1C. The molecule has 0 spiro atoms. The Kier molecular flexibility index (Phi) is 4.71. The Morgan fingerprint density at radius 1 is 1.33 bits per heavy atom. The number of aryl methyl sites for hydroxylation is 2. The van der Waals surface area contributed by atoms with Gasteiger partial charge in [0, 0.05) is 17.1 Å². The van der Waals surface area contributed by atoms with E-state index >= 15 is 0 Å². The number of benzene rings is 1. The molecule has 1 aromatic carbocycles. The van der Waals surface area contributed by atoms with Crippen molar-refractivity contribution in [3.63, 3.8) is 0 Å². The Bertz CT molecular complexity index is 781. The molecule has 1 aliphatic heterocycles. The van der Waals surface area contributed by atoms with Crippen LogP contribution in [0, 0.1) is 6.92 Å². The molecule has 0 bridgehead atoms. The van der Waals surface area contributed by atoms with E-state index in [1.807, 2.05) is 37.3 Å². The van der Waals surface area contributed by atoms with Gasteiger partial charge in [-0.05, 0) is 49.9 Å². The highest BCUT2D eigenvalue weighted by molar-refractivity contribution is 7.14. The van der Waals surface area contributed by atoms with Gasteiger partial charge in [0.1, 0.15) is 4.88 Å². The predicted molar refractivity (Wildman–Crippen MR) is 95.8 cm³/mol. The summed E-state index contributed by atoms with van der Waals surface area (Å²) < 4.78 is 5.42. The molecule has 126 valence electrons. The molecule has 0 unspecified atom stereocenters. The number of hydrogen-bond acceptors (Lipinski definition) is 4. The van der Waals surface area contributed by atoms with Gasteiger partial charge in [-0.25, -0.2) is 4.79 Å². The van der Waals surface area contributed by atoms with E-state index in [1.54, 1.807) is 11.8 Å². The third-order valence-electron chi connectivity index (χ3n) is 4.33. The largest absolute Gasteiger partial charge is 0.448 e. The number of para-hydroxylation sites is 1. The van der Waals surface area contributed by atoms with Gasteiger partial charge < -0.3 is 9.64 Å². The number of carbonyl (C=O) groups is 2. The quantitative estimate of drug-likeness (QED) is 0.794. The molecule has 4 nitrogen and oxygen atoms in total. The molecule has 0 N–H and O–H groups in total. The lowest BCUT2D eigenvalue weighted by Gasteiger charge is -2.21. The number of esters is 1. The second kappa shape index (κ2) is 6.77. The van der Waals surface area contributed by atoms with E-state index in [0.29, 0.717) is 11.4 Å². The molecule has 1 aromatic heterocycles. The van der Waals surface area contributed by atoms with Crippen molar-refractivity contribution in [2.75, 3.05) is 11.4 Å². The Morgan fingerprint density at radius 2 is 2.08 bits per heavy atom. The number of rotatable bonds is 4. The Balaban J connectivity index is 1.69. The average molecular weight is 343 g/mol. The van der Waals surface area contributed by atoms with Gasteiger partial charge in [-0.1, -0.05) is 25.1 Å². The Hall–Kier alpha value is -2.14. The summed E-state index contributed by atoms with van der Waals surface area (Å²) in [4.78, 5) is 28.4. The molecule has 0 radical (unpaired) electrons. The number of ether oxygens (including phenoxy) is 1. The smallest absolute Gasteiger partial charge is 0.349 e. The third kappa shape index (κ3) is 3.08. The molecule has 1 amide bonds. The Labute approximate surface area is 146 Å². The lowest BCUT2D eigenvalue weighted by Crippen LogP contribution is -2.39. The minimum absolute atomic E-state index is 0.169. The van der Waals surface area contributed by atoms with E-state index in [-0.39, 0.29) is 5.91 Å². The highest BCUT2D eigenvalue weighted by atomic mass is 32.1. The maximum absolute atomic E-state index is 12.7. The standard InChI is InChI=1S/C19H21NO3S/c1-4-16-12(2)11-17(24-16)19(22)23-13(3)18(21)20-10-9-14-7-5-6-8-15(14)20/h5-8,11,13H,4,9-10H2,1-3H3/t13-/m1/s1. The van der Waals surface area contributed by atoms with Crippen LogP contribution in [0.5, 0.6) is 0 Å². The van der Waals surface area contributed by atoms with Crippen LogP contribution in [0.1, 0.15) is 39.5 Å². The summed E-state index contributed by atoms with van der Waals surface area (Å²) in [6, 6.07) is 9.70. The number of carbonyl (C=O) groups excluding carboxylic acids is 2. The second-order valence-electron chi connectivity index (χ2n) is 5.99. The van der Waals surface area contributed by atoms with Gasteiger partial charge in [0.05, 0.1) is 0 Å². The molecular formula is C19H21NO3S. The summed E-state index contributed by atoms with van der Waals surface area (Å²) in [6.07, 6.45) is 0.936. The van der Waals surface area contributed by atoms with Crippen molar-refractivity contribution in [3.8, 4) is 0 Å². The summed E-state index contributed by atoms with van der Waals surface area (Å²) in [5.74, 6) is -0.589. The minimum Gasteiger partial charge on any atom is -0.448 e. The summed E-state index contributed by atoms with van der Waals surface area (Å²) >= 11 is 1.44. The molecular weight excluding hydrogens is 322 g/mol. The maximum atomic E-state index is 12.7. The van der Waals surface area contributed by atoms with E-state index in [4.69, 9.17) is 4.74 Å². The number of hydrogen-bond donors (Lipinski definition) is 0. The van der Waals surface area contributed by atoms with E-state index in [0.717, 1.165) is 29.7 Å². The average Bonchev–Trinajstić information content (AvgIpc) is 3.17. The topological polar surface area (TPSA) is 46.6 Å². The molecule has 0 saturated carbocycles. The van der Waals surface area contributed by atoms with E-state index in [9.17, 15) is 9.59 Å². The van der Waals surface area contributed by atoms with Gasteiger partial charge >= 0.3 is 5.97 Å². The molecule has 5 heteroatoms. The van der Waals surface area contributed by atoms with Crippen molar-refractivity contribution in [2.24, 2.45) is 0 Å². The fourth-order valence-electron chi connectivity index (χ4n) is 3.03. The van der Waals surface area contributed by atoms with Crippen LogP contribution in [-0.2, 0) is 22.4 Å². The zero-order chi connectivity index (χ0) is 17.3. The fourth-order valence-corrected chi connectivity index (χ4v) is 4.02. The maximum Gasteiger partial charge on any atom is 0.349 e. The second-order valence-corrected chi connectivity index (χ2v) is 7.12. The normalized spacial score (nSPS) is 14.4. The molecule has 24 heavy (non-hydrogen) atoms. The summed E-state index contributed by atoms with van der Waals surface area (Å²) in [7, 11) is 0. The van der Waals surface area contributed by atoms with Crippen molar-refractivity contribution in [2.45, 2.75) is 39.7 Å². The van der Waals surface area contributed by atoms with Gasteiger partial charge in [-0.3, -0.25) is 4.79 Å². The van der Waals surface area contributed by atoms with Gasteiger partial charge in [0.25, 0.3) is 5.91 Å². The molecule has 3 rings (SSSR count). The molecule has 0 fully saturated rings. The number of thiophene rings is 1. The third-order valence-corrected chi connectivity index (χ3v) is 5.69. The van der Waals surface area contributed by atoms with Crippen LogP contribution >= 0.6 is 11.3 Å². The van der Waals surface area contributed by atoms with Crippen molar-refractivity contribution in [1.29, 1.82) is 0 Å². The van der Waals surface area contributed by atoms with Gasteiger partial charge in [0.2, 0.25) is 0 Å². The molecule has 2 aromatic rings. The molecule has 2 heterocycles. The lowest BCUT2D eigenvalue weighted by atomic mass is 10.2. The van der Waals surface area contributed by atoms with Crippen molar-refractivity contribution in [1.82, 2.24) is 0 Å². The van der Waals surface area contributed by atoms with Crippen LogP contribution in [0.2, 0.25) is 0 Å². The molecule has 0 aliphatic carbocycles. The van der Waals surface area contributed by atoms with Crippen LogP contribution in [-0.4, -0.2) is 24.5 Å². The number of amides is 1. The predicted octanol–water partition coefficient (Wildman–Crippen LogP) is 3.75. The van der Waals surface area contributed by atoms with E-state index in [1.165, 1.54) is 16.2 Å². The van der Waals surface area contributed by atoms with Crippen LogP contribution in [0.4, 0.5) is 5.69 Å². The summed E-state index contributed by atoms with van der Waals surface area (Å²) in [5.41, 5.74) is 3.18. The summed E-state index contributed by atoms with van der Waals surface area (Å²) in [6.45, 7) is 6.33. The Morgan fingerprint density at radius 3 is 2.79 bits per heavy atom. The highest BCUT2D eigenvalue weighted by Crippen LogP contribution is 2.29. The lowest BCUT2D eigenvalue weighted by molar-refractivity contribution is -0.126. The van der Waals surface area contributed by atoms with Crippen LogP contribution in [0.25, 0.3) is 0 Å². The van der Waals surface area contributed by atoms with Gasteiger partial charge in [-0.15, -0.1) is 11.3 Å². The van der Waals surface area contributed by atoms with Gasteiger partial charge in [0.15, 0.2) is 6.10 Å². The first-order valence-corrected chi connectivity index (χ1v) is 9.02. The molecule has 1 aliphatic rings. The molecule has 1 atom stereocenters. The minimum atomic E-state index is -0.795. The molecule has 0 saturated heterocycles. The summed E-state index contributed by atoms with van der Waals surface area (Å²) in [5, 5.41) is 0. The highest BCUT2D eigenvalue weighted by Gasteiger charge is 2.30. The van der Waals surface area contributed by atoms with Crippen molar-refractivity contribution >= 4 is 28.9 Å². The zero-order valence-corrected chi connectivity index (χ0v) is 15.0. The van der Waals surface area contributed by atoms with E-state index in [2.05, 4.69) is 6.92 Å². The first-order chi connectivity index (χ1) is 11.5. The number of nitrogens with zero attached hydrogens (tertiary/aromatic N) is 1. The van der Waals surface area contributed by atoms with Crippen LogP contribution < -0.4 is 4.90 Å².